The highest BCUT2D eigenvalue weighted by Crippen LogP contribution is 2.28. The van der Waals surface area contributed by atoms with Gasteiger partial charge in [-0.2, -0.15) is 0 Å². The van der Waals surface area contributed by atoms with Crippen LogP contribution in [0.2, 0.25) is 0 Å². The SMILES string of the molecule is Cc1noc2nc(-c3ccco3)cc(C(=O)NCC3CCN(c4ccc(F)c(F)c4)C3)c12. The van der Waals surface area contributed by atoms with E-state index in [0.29, 0.717) is 53.4 Å². The van der Waals surface area contributed by atoms with Crippen LogP contribution < -0.4 is 10.2 Å². The van der Waals surface area contributed by atoms with Gasteiger partial charge in [0.15, 0.2) is 17.4 Å². The summed E-state index contributed by atoms with van der Waals surface area (Å²) in [6, 6.07) is 9.07. The maximum atomic E-state index is 13.6. The number of benzene rings is 1. The Hall–Kier alpha value is -3.75. The van der Waals surface area contributed by atoms with Crippen molar-refractivity contribution in [1.82, 2.24) is 15.5 Å². The maximum Gasteiger partial charge on any atom is 0.259 e. The summed E-state index contributed by atoms with van der Waals surface area (Å²) in [6.07, 6.45) is 2.36. The van der Waals surface area contributed by atoms with Gasteiger partial charge in [0, 0.05) is 31.4 Å². The van der Waals surface area contributed by atoms with E-state index in [0.717, 1.165) is 12.5 Å². The fourth-order valence-corrected chi connectivity index (χ4v) is 4.07. The van der Waals surface area contributed by atoms with Crippen molar-refractivity contribution in [2.24, 2.45) is 5.92 Å². The van der Waals surface area contributed by atoms with Gasteiger partial charge < -0.3 is 19.2 Å². The van der Waals surface area contributed by atoms with E-state index in [2.05, 4.69) is 15.5 Å². The number of fused-ring (bicyclic) bond motifs is 1. The first-order valence-electron chi connectivity index (χ1n) is 10.3. The number of nitrogens with one attached hydrogen (secondary N) is 1. The highest BCUT2D eigenvalue weighted by atomic mass is 19.2. The van der Waals surface area contributed by atoms with Crippen molar-refractivity contribution in [2.75, 3.05) is 24.5 Å². The molecule has 4 aromatic rings. The van der Waals surface area contributed by atoms with Crippen LogP contribution in [-0.2, 0) is 0 Å². The van der Waals surface area contributed by atoms with Crippen molar-refractivity contribution in [3.8, 4) is 11.5 Å². The van der Waals surface area contributed by atoms with Crippen LogP contribution in [0.3, 0.4) is 0 Å². The molecule has 0 bridgehead atoms. The Morgan fingerprint density at radius 1 is 1.25 bits per heavy atom. The average molecular weight is 438 g/mol. The lowest BCUT2D eigenvalue weighted by molar-refractivity contribution is 0.0950. The molecule has 0 aliphatic carbocycles. The summed E-state index contributed by atoms with van der Waals surface area (Å²) in [5.74, 6) is -1.29. The zero-order chi connectivity index (χ0) is 22.2. The molecular formula is C23H20F2N4O3. The molecule has 1 amide bonds. The fourth-order valence-electron chi connectivity index (χ4n) is 4.07. The van der Waals surface area contributed by atoms with Crippen molar-refractivity contribution in [2.45, 2.75) is 13.3 Å². The molecule has 7 nitrogen and oxygen atoms in total. The predicted octanol–water partition coefficient (Wildman–Crippen LogP) is 4.33. The monoisotopic (exact) mass is 438 g/mol. The van der Waals surface area contributed by atoms with Crippen molar-refractivity contribution >= 4 is 22.7 Å². The number of carbonyl (C=O) groups is 1. The molecule has 164 valence electrons. The Kier molecular flexibility index (Phi) is 5.08. The lowest BCUT2D eigenvalue weighted by atomic mass is 10.1. The molecule has 1 fully saturated rings. The molecule has 1 aliphatic heterocycles. The zero-order valence-electron chi connectivity index (χ0n) is 17.3. The van der Waals surface area contributed by atoms with Crippen LogP contribution in [0.1, 0.15) is 22.5 Å². The van der Waals surface area contributed by atoms with Crippen molar-refractivity contribution in [3.05, 3.63) is 65.6 Å². The molecule has 1 saturated heterocycles. The average Bonchev–Trinajstić information content (AvgIpc) is 3.55. The molecule has 5 rings (SSSR count). The number of hydrogen-bond donors (Lipinski definition) is 1. The van der Waals surface area contributed by atoms with Gasteiger partial charge in [0.1, 0.15) is 5.69 Å². The number of furan rings is 1. The summed E-state index contributed by atoms with van der Waals surface area (Å²) >= 11 is 0. The number of rotatable bonds is 5. The Bertz CT molecular complexity index is 1290. The Labute approximate surface area is 182 Å². The molecule has 0 saturated carbocycles. The molecule has 1 unspecified atom stereocenters. The number of hydrogen-bond acceptors (Lipinski definition) is 6. The normalized spacial score (nSPS) is 16.1. The lowest BCUT2D eigenvalue weighted by Crippen LogP contribution is -2.31. The van der Waals surface area contributed by atoms with Crippen LogP contribution in [-0.4, -0.2) is 35.7 Å². The first kappa shape index (κ1) is 20.2. The van der Waals surface area contributed by atoms with Gasteiger partial charge >= 0.3 is 0 Å². The topological polar surface area (TPSA) is 84.4 Å². The third kappa shape index (κ3) is 3.70. The fraction of sp³-hybridized carbons (Fsp3) is 0.261. The summed E-state index contributed by atoms with van der Waals surface area (Å²) in [5.41, 5.74) is 2.38. The standard InChI is InChI=1S/C23H20F2N4O3/c1-13-21-16(10-19(20-3-2-8-31-20)27-23(21)32-28-13)22(30)26-11-14-6-7-29(12-14)15-4-5-17(24)18(25)9-15/h2-5,8-10,14H,6-7,11-12H2,1H3,(H,26,30). The van der Waals surface area contributed by atoms with Gasteiger partial charge in [0.2, 0.25) is 0 Å². The summed E-state index contributed by atoms with van der Waals surface area (Å²) < 4.78 is 37.5. The molecule has 0 radical (unpaired) electrons. The summed E-state index contributed by atoms with van der Waals surface area (Å²) in [4.78, 5) is 19.5. The van der Waals surface area contributed by atoms with Crippen LogP contribution in [0.15, 0.2) is 51.6 Å². The minimum absolute atomic E-state index is 0.178. The summed E-state index contributed by atoms with van der Waals surface area (Å²) in [6.45, 7) is 3.55. The molecule has 9 heteroatoms. The number of carbonyl (C=O) groups excluding carboxylic acids is 1. The zero-order valence-corrected chi connectivity index (χ0v) is 17.3. The molecule has 1 aromatic carbocycles. The van der Waals surface area contributed by atoms with Gasteiger partial charge in [-0.25, -0.2) is 13.8 Å². The first-order chi connectivity index (χ1) is 15.5. The summed E-state index contributed by atoms with van der Waals surface area (Å²) in [7, 11) is 0. The predicted molar refractivity (Wildman–Crippen MR) is 113 cm³/mol. The molecule has 1 atom stereocenters. The minimum atomic E-state index is -0.864. The molecule has 1 N–H and O–H groups in total. The molecule has 32 heavy (non-hydrogen) atoms. The van der Waals surface area contributed by atoms with Crippen LogP contribution >= 0.6 is 0 Å². The molecule has 1 aliphatic rings. The van der Waals surface area contributed by atoms with E-state index >= 15 is 0 Å². The first-order valence-corrected chi connectivity index (χ1v) is 10.3. The van der Waals surface area contributed by atoms with Crippen LogP contribution in [0.4, 0.5) is 14.5 Å². The largest absolute Gasteiger partial charge is 0.463 e. The lowest BCUT2D eigenvalue weighted by Gasteiger charge is -2.19. The van der Waals surface area contributed by atoms with Crippen molar-refractivity contribution < 1.29 is 22.5 Å². The van der Waals surface area contributed by atoms with Crippen LogP contribution in [0, 0.1) is 24.5 Å². The number of amides is 1. The minimum Gasteiger partial charge on any atom is -0.463 e. The van der Waals surface area contributed by atoms with E-state index < -0.39 is 11.6 Å². The quantitative estimate of drug-likeness (QED) is 0.500. The van der Waals surface area contributed by atoms with Crippen LogP contribution in [0.25, 0.3) is 22.6 Å². The molecule has 4 heterocycles. The van der Waals surface area contributed by atoms with Gasteiger partial charge in [0.05, 0.1) is 22.9 Å². The number of anilines is 1. The Balaban J connectivity index is 1.31. The number of pyridine rings is 1. The van der Waals surface area contributed by atoms with Gasteiger partial charge in [0.25, 0.3) is 11.6 Å². The second-order valence-electron chi connectivity index (χ2n) is 7.89. The van der Waals surface area contributed by atoms with E-state index in [1.165, 1.54) is 12.3 Å². The third-order valence-corrected chi connectivity index (χ3v) is 5.74. The van der Waals surface area contributed by atoms with E-state index in [1.54, 1.807) is 31.2 Å². The second kappa shape index (κ2) is 8.07. The maximum absolute atomic E-state index is 13.6. The molecule has 0 spiro atoms. The van der Waals surface area contributed by atoms with Gasteiger partial charge in [-0.1, -0.05) is 5.16 Å². The van der Waals surface area contributed by atoms with Gasteiger partial charge in [-0.15, -0.1) is 0 Å². The molecule has 3 aromatic heterocycles. The highest BCUT2D eigenvalue weighted by molar-refractivity contribution is 6.06. The third-order valence-electron chi connectivity index (χ3n) is 5.74. The Morgan fingerprint density at radius 2 is 2.12 bits per heavy atom. The van der Waals surface area contributed by atoms with E-state index in [-0.39, 0.29) is 17.5 Å². The van der Waals surface area contributed by atoms with Gasteiger partial charge in [-0.3, -0.25) is 4.79 Å². The second-order valence-corrected chi connectivity index (χ2v) is 7.89. The summed E-state index contributed by atoms with van der Waals surface area (Å²) in [5, 5.41) is 7.49. The van der Waals surface area contributed by atoms with E-state index in [1.807, 2.05) is 4.90 Å². The molecular weight excluding hydrogens is 418 g/mol. The van der Waals surface area contributed by atoms with E-state index in [4.69, 9.17) is 8.94 Å². The smallest absolute Gasteiger partial charge is 0.259 e. The van der Waals surface area contributed by atoms with Gasteiger partial charge in [-0.05, 0) is 49.6 Å². The number of nitrogens with zero attached hydrogens (tertiary/aromatic N) is 3. The van der Waals surface area contributed by atoms with Crippen LogP contribution in [0.5, 0.6) is 0 Å². The number of halogens is 2. The Morgan fingerprint density at radius 3 is 2.91 bits per heavy atom. The van der Waals surface area contributed by atoms with Crippen molar-refractivity contribution in [3.63, 3.8) is 0 Å². The van der Waals surface area contributed by atoms with Crippen molar-refractivity contribution in [1.29, 1.82) is 0 Å². The number of aryl methyl sites for hydroxylation is 1. The highest BCUT2D eigenvalue weighted by Gasteiger charge is 2.25. The van der Waals surface area contributed by atoms with E-state index in [9.17, 15) is 13.6 Å². The number of aromatic nitrogens is 2.